The third kappa shape index (κ3) is 6.94. The van der Waals surface area contributed by atoms with E-state index < -0.39 is 8.07 Å². The Kier molecular flexibility index (Phi) is 7.11. The van der Waals surface area contributed by atoms with Gasteiger partial charge in [0.2, 0.25) is 0 Å². The highest BCUT2D eigenvalue weighted by atomic mass is 28.3. The van der Waals surface area contributed by atoms with Crippen LogP contribution in [-0.2, 0) is 20.9 Å². The summed E-state index contributed by atoms with van der Waals surface area (Å²) in [4.78, 5) is 1.48. The van der Waals surface area contributed by atoms with E-state index in [1.54, 1.807) is 0 Å². The van der Waals surface area contributed by atoms with E-state index in [9.17, 15) is 0 Å². The quantitative estimate of drug-likeness (QED) is 0.325. The van der Waals surface area contributed by atoms with Crippen LogP contribution in [0, 0.1) is 0 Å². The number of aromatic nitrogens is 4. The third-order valence-corrected chi connectivity index (χ3v) is 6.16. The van der Waals surface area contributed by atoms with Crippen molar-refractivity contribution in [3.63, 3.8) is 0 Å². The number of rotatable bonds is 11. The normalized spacial score (nSPS) is 17.9. The summed E-state index contributed by atoms with van der Waals surface area (Å²) >= 11 is 0. The molecule has 1 aromatic heterocycles. The van der Waals surface area contributed by atoms with Crippen molar-refractivity contribution in [3.05, 3.63) is 41.2 Å². The number of epoxide rings is 1. The summed E-state index contributed by atoms with van der Waals surface area (Å²) in [6.45, 7) is 11.5. The predicted octanol–water partition coefficient (Wildman–Crippen LogP) is 3.63. The fourth-order valence-electron chi connectivity index (χ4n) is 2.60. The summed E-state index contributed by atoms with van der Waals surface area (Å²) in [6, 6.07) is 9.29. The van der Waals surface area contributed by atoms with Crippen LogP contribution in [0.3, 0.4) is 0 Å². The summed E-state index contributed by atoms with van der Waals surface area (Å²) < 4.78 is 16.8. The van der Waals surface area contributed by atoms with Crippen molar-refractivity contribution in [1.29, 1.82) is 0 Å². The molecule has 2 atom stereocenters. The lowest BCUT2D eigenvalue weighted by atomic mass is 10.0. The molecular weight excluding hydrogens is 372 g/mol. The smallest absolute Gasteiger partial charge is 0.197 e. The Morgan fingerprint density at radius 3 is 2.82 bits per heavy atom. The Bertz CT molecular complexity index is 784. The van der Waals surface area contributed by atoms with Crippen LogP contribution in [0.25, 0.3) is 12.2 Å². The molecule has 7 nitrogen and oxygen atoms in total. The van der Waals surface area contributed by atoms with Gasteiger partial charge < -0.3 is 14.2 Å². The Morgan fingerprint density at radius 1 is 1.29 bits per heavy atom. The van der Waals surface area contributed by atoms with Gasteiger partial charge in [-0.05, 0) is 35.4 Å². The first kappa shape index (κ1) is 20.9. The lowest BCUT2D eigenvalue weighted by Crippen LogP contribution is -2.22. The van der Waals surface area contributed by atoms with Crippen molar-refractivity contribution in [2.24, 2.45) is 0 Å². The summed E-state index contributed by atoms with van der Waals surface area (Å²) in [7, 11) is -1.08. The van der Waals surface area contributed by atoms with Crippen molar-refractivity contribution in [3.8, 4) is 0 Å². The molecule has 0 saturated carbocycles. The van der Waals surface area contributed by atoms with Crippen molar-refractivity contribution < 1.29 is 14.2 Å². The molecule has 0 bridgehead atoms. The van der Waals surface area contributed by atoms with Gasteiger partial charge in [-0.2, -0.15) is 0 Å². The zero-order chi connectivity index (χ0) is 20.0. The van der Waals surface area contributed by atoms with E-state index >= 15 is 0 Å². The van der Waals surface area contributed by atoms with Crippen LogP contribution in [0.15, 0.2) is 24.3 Å². The molecule has 0 spiro atoms. The van der Waals surface area contributed by atoms with Crippen molar-refractivity contribution >= 4 is 20.2 Å². The number of hydrogen-bond acceptors (Lipinski definition) is 6. The van der Waals surface area contributed by atoms with Crippen molar-refractivity contribution in [1.82, 2.24) is 20.2 Å². The molecule has 0 amide bonds. The molecule has 1 saturated heterocycles. The first-order valence-electron chi connectivity index (χ1n) is 9.76. The van der Waals surface area contributed by atoms with Gasteiger partial charge in [-0.3, -0.25) is 0 Å². The molecule has 0 aliphatic carbocycles. The van der Waals surface area contributed by atoms with Gasteiger partial charge in [0, 0.05) is 14.7 Å². The van der Waals surface area contributed by atoms with Gasteiger partial charge in [0.15, 0.2) is 12.6 Å². The van der Waals surface area contributed by atoms with Crippen molar-refractivity contribution in [2.45, 2.75) is 51.5 Å². The number of benzene rings is 1. The van der Waals surface area contributed by atoms with E-state index in [4.69, 9.17) is 14.2 Å². The molecule has 1 fully saturated rings. The molecule has 0 unspecified atom stereocenters. The molecule has 1 aliphatic rings. The number of nitrogens with zero attached hydrogens (tertiary/aromatic N) is 4. The maximum atomic E-state index is 5.91. The standard InChI is InChI=1S/C20H30N4O3Si/c1-16(26-13-18-14-27-18)19-8-6-5-7-17(19)9-10-20-21-23-24(22-20)15-25-11-12-28(2,3)4/h5-10,16,18H,11-15H2,1-4H3/t16-,18+/m1/s1. The van der Waals surface area contributed by atoms with Gasteiger partial charge in [0.1, 0.15) is 6.10 Å². The van der Waals surface area contributed by atoms with Gasteiger partial charge in [-0.1, -0.05) is 50.0 Å². The second kappa shape index (κ2) is 9.55. The Labute approximate surface area is 167 Å². The van der Waals surface area contributed by atoms with Crippen LogP contribution < -0.4 is 0 Å². The third-order valence-electron chi connectivity index (χ3n) is 4.45. The zero-order valence-electron chi connectivity index (χ0n) is 17.2. The predicted molar refractivity (Wildman–Crippen MR) is 111 cm³/mol. The number of ether oxygens (including phenoxy) is 3. The monoisotopic (exact) mass is 402 g/mol. The summed E-state index contributed by atoms with van der Waals surface area (Å²) in [5.74, 6) is 0.559. The average molecular weight is 403 g/mol. The molecule has 0 N–H and O–H groups in total. The van der Waals surface area contributed by atoms with Gasteiger partial charge >= 0.3 is 0 Å². The SMILES string of the molecule is C[C@@H](OC[C@H]1CO1)c1ccccc1C=Cc1nnn(COCC[Si](C)(C)C)n1. The lowest BCUT2D eigenvalue weighted by Gasteiger charge is -2.15. The Hall–Kier alpha value is -1.87. The van der Waals surface area contributed by atoms with Gasteiger partial charge in [0.25, 0.3) is 0 Å². The van der Waals surface area contributed by atoms with Gasteiger partial charge in [-0.25, -0.2) is 0 Å². The zero-order valence-corrected chi connectivity index (χ0v) is 18.2. The van der Waals surface area contributed by atoms with E-state index in [0.717, 1.165) is 30.4 Å². The summed E-state index contributed by atoms with van der Waals surface area (Å²) in [5.41, 5.74) is 2.20. The molecule has 152 valence electrons. The van der Waals surface area contributed by atoms with E-state index in [-0.39, 0.29) is 12.2 Å². The molecule has 8 heteroatoms. The van der Waals surface area contributed by atoms with Crippen LogP contribution in [-0.4, -0.2) is 54.2 Å². The second-order valence-corrected chi connectivity index (χ2v) is 13.9. The highest BCUT2D eigenvalue weighted by Gasteiger charge is 2.24. The van der Waals surface area contributed by atoms with Gasteiger partial charge in [0.05, 0.1) is 19.3 Å². The lowest BCUT2D eigenvalue weighted by molar-refractivity contribution is 0.0538. The van der Waals surface area contributed by atoms with Crippen LogP contribution in [0.4, 0.5) is 0 Å². The van der Waals surface area contributed by atoms with Crippen LogP contribution in [0.5, 0.6) is 0 Å². The topological polar surface area (TPSA) is 74.6 Å². The molecule has 3 rings (SSSR count). The van der Waals surface area contributed by atoms with E-state index in [2.05, 4.69) is 54.1 Å². The number of hydrogen-bond donors (Lipinski definition) is 0. The van der Waals surface area contributed by atoms with Crippen molar-refractivity contribution in [2.75, 3.05) is 19.8 Å². The van der Waals surface area contributed by atoms with Gasteiger partial charge in [-0.15, -0.1) is 15.0 Å². The second-order valence-electron chi connectivity index (χ2n) is 8.26. The summed E-state index contributed by atoms with van der Waals surface area (Å²) in [6.07, 6.45) is 4.11. The maximum Gasteiger partial charge on any atom is 0.197 e. The minimum absolute atomic E-state index is 0.00606. The highest BCUT2D eigenvalue weighted by Crippen LogP contribution is 2.24. The highest BCUT2D eigenvalue weighted by molar-refractivity contribution is 6.76. The van der Waals surface area contributed by atoms with E-state index in [0.29, 0.717) is 19.2 Å². The molecule has 2 aromatic rings. The molecular formula is C20H30N4O3Si. The fourth-order valence-corrected chi connectivity index (χ4v) is 3.36. The first-order valence-corrected chi connectivity index (χ1v) is 13.5. The summed E-state index contributed by atoms with van der Waals surface area (Å²) in [5, 5.41) is 12.5. The van der Waals surface area contributed by atoms with Crippen LogP contribution in [0.2, 0.25) is 25.7 Å². The Balaban J connectivity index is 1.54. The minimum Gasteiger partial charge on any atom is -0.371 e. The Morgan fingerprint density at radius 2 is 2.07 bits per heavy atom. The minimum atomic E-state index is -1.08. The maximum absolute atomic E-state index is 5.91. The number of tetrazole rings is 1. The molecule has 28 heavy (non-hydrogen) atoms. The molecule has 1 aliphatic heterocycles. The van der Waals surface area contributed by atoms with E-state index in [1.165, 1.54) is 4.80 Å². The van der Waals surface area contributed by atoms with Crippen LogP contribution >= 0.6 is 0 Å². The van der Waals surface area contributed by atoms with Crippen LogP contribution in [0.1, 0.15) is 30.0 Å². The first-order chi connectivity index (χ1) is 13.4. The van der Waals surface area contributed by atoms with E-state index in [1.807, 2.05) is 24.3 Å². The largest absolute Gasteiger partial charge is 0.371 e. The molecule has 0 radical (unpaired) electrons. The molecule has 2 heterocycles. The average Bonchev–Trinajstić information content (AvgIpc) is 3.38. The fraction of sp³-hybridized carbons (Fsp3) is 0.550. The molecule has 1 aromatic carbocycles.